The highest BCUT2D eigenvalue weighted by molar-refractivity contribution is 6.07. The largest absolute Gasteiger partial charge is 0.370 e. The van der Waals surface area contributed by atoms with Crippen LogP contribution in [0.4, 0.5) is 11.4 Å². The van der Waals surface area contributed by atoms with E-state index in [0.29, 0.717) is 23.0 Å². The van der Waals surface area contributed by atoms with Crippen LogP contribution >= 0.6 is 0 Å². The Morgan fingerprint density at radius 2 is 1.77 bits per heavy atom. The molecule has 2 aromatic carbocycles. The molecule has 1 fully saturated rings. The fourth-order valence-corrected chi connectivity index (χ4v) is 4.04. The van der Waals surface area contributed by atoms with Crippen molar-refractivity contribution >= 4 is 28.2 Å². The highest BCUT2D eigenvalue weighted by Gasteiger charge is 2.16. The predicted molar refractivity (Wildman–Crippen MR) is 120 cm³/mol. The summed E-state index contributed by atoms with van der Waals surface area (Å²) in [6.45, 7) is 3.99. The first-order valence-corrected chi connectivity index (χ1v) is 10.5. The fourth-order valence-electron chi connectivity index (χ4n) is 4.04. The van der Waals surface area contributed by atoms with E-state index >= 15 is 0 Å². The molecule has 7 nitrogen and oxygen atoms in total. The molecule has 1 aliphatic heterocycles. The van der Waals surface area contributed by atoms with Gasteiger partial charge in [-0.3, -0.25) is 14.2 Å². The zero-order chi connectivity index (χ0) is 21.1. The number of carbonyl (C=O) groups is 1. The molecule has 0 atom stereocenters. The second kappa shape index (κ2) is 8.57. The topological polar surface area (TPSA) is 87.2 Å². The maximum atomic E-state index is 12.9. The van der Waals surface area contributed by atoms with Crippen molar-refractivity contribution in [1.29, 1.82) is 0 Å². The van der Waals surface area contributed by atoms with Gasteiger partial charge in [-0.05, 0) is 50.1 Å². The minimum atomic E-state index is -0.473. The van der Waals surface area contributed by atoms with E-state index in [1.807, 2.05) is 24.3 Å². The average Bonchev–Trinajstić information content (AvgIpc) is 3.03. The fraction of sp³-hybridized carbons (Fsp3) is 0.348. The first-order chi connectivity index (χ1) is 14.6. The van der Waals surface area contributed by atoms with E-state index in [4.69, 9.17) is 0 Å². The Morgan fingerprint density at radius 3 is 2.50 bits per heavy atom. The molecular weight excluding hydrogens is 380 g/mol. The summed E-state index contributed by atoms with van der Waals surface area (Å²) >= 11 is 0. The first-order valence-electron chi connectivity index (χ1n) is 10.5. The summed E-state index contributed by atoms with van der Waals surface area (Å²) < 4.78 is 1.14. The number of nitrogens with one attached hydrogen (secondary N) is 2. The lowest BCUT2D eigenvalue weighted by molar-refractivity contribution is 0.102. The van der Waals surface area contributed by atoms with E-state index in [9.17, 15) is 14.4 Å². The third-order valence-corrected chi connectivity index (χ3v) is 5.66. The van der Waals surface area contributed by atoms with Crippen LogP contribution in [0, 0.1) is 0 Å². The van der Waals surface area contributed by atoms with Gasteiger partial charge in [0.25, 0.3) is 11.5 Å². The number of hydrogen-bond donors (Lipinski definition) is 2. The highest BCUT2D eigenvalue weighted by atomic mass is 16.2. The average molecular weight is 406 g/mol. The third kappa shape index (κ3) is 3.87. The molecule has 30 heavy (non-hydrogen) atoms. The summed E-state index contributed by atoms with van der Waals surface area (Å²) in [6, 6.07) is 12.6. The minimum absolute atomic E-state index is 0.278. The van der Waals surface area contributed by atoms with Crippen molar-refractivity contribution in [2.45, 2.75) is 39.2 Å². The molecule has 1 aliphatic rings. The maximum Gasteiger partial charge on any atom is 0.328 e. The van der Waals surface area contributed by atoms with Gasteiger partial charge in [0, 0.05) is 25.2 Å². The van der Waals surface area contributed by atoms with Crippen LogP contribution < -0.4 is 21.5 Å². The number of carbonyl (C=O) groups excluding carboxylic acids is 1. The van der Waals surface area contributed by atoms with Gasteiger partial charge in [-0.2, -0.15) is 0 Å². The Balaban J connectivity index is 1.64. The quantitative estimate of drug-likeness (QED) is 0.696. The van der Waals surface area contributed by atoms with Crippen LogP contribution in [0.3, 0.4) is 0 Å². The van der Waals surface area contributed by atoms with Gasteiger partial charge in [0.15, 0.2) is 0 Å². The number of benzene rings is 2. The summed E-state index contributed by atoms with van der Waals surface area (Å²) in [7, 11) is 0. The van der Waals surface area contributed by atoms with Crippen molar-refractivity contribution in [2.24, 2.45) is 0 Å². The van der Waals surface area contributed by atoms with Crippen molar-refractivity contribution in [1.82, 2.24) is 9.55 Å². The lowest BCUT2D eigenvalue weighted by atomic mass is 10.1. The number of para-hydroxylation sites is 2. The molecule has 7 heteroatoms. The predicted octanol–water partition coefficient (Wildman–Crippen LogP) is 3.34. The van der Waals surface area contributed by atoms with E-state index in [2.05, 4.69) is 15.2 Å². The van der Waals surface area contributed by atoms with Crippen LogP contribution in [0.25, 0.3) is 10.9 Å². The number of rotatable bonds is 4. The highest BCUT2D eigenvalue weighted by Crippen LogP contribution is 2.28. The number of fused-ring (bicyclic) bond motifs is 1. The second-order valence-electron chi connectivity index (χ2n) is 7.61. The van der Waals surface area contributed by atoms with Crippen LogP contribution in [0.2, 0.25) is 0 Å². The van der Waals surface area contributed by atoms with Gasteiger partial charge < -0.3 is 15.2 Å². The molecule has 0 saturated carbocycles. The molecule has 4 rings (SSSR count). The zero-order valence-electron chi connectivity index (χ0n) is 17.1. The summed E-state index contributed by atoms with van der Waals surface area (Å²) in [6.07, 6.45) is 4.77. The van der Waals surface area contributed by atoms with Crippen molar-refractivity contribution in [2.75, 3.05) is 23.3 Å². The Morgan fingerprint density at radius 1 is 1.03 bits per heavy atom. The summed E-state index contributed by atoms with van der Waals surface area (Å²) in [4.78, 5) is 42.5. The molecule has 0 radical (unpaired) electrons. The van der Waals surface area contributed by atoms with Crippen molar-refractivity contribution in [3.8, 4) is 0 Å². The van der Waals surface area contributed by atoms with Crippen LogP contribution in [0.1, 0.15) is 43.0 Å². The molecule has 0 aliphatic carbocycles. The molecule has 0 unspecified atom stereocenters. The van der Waals surface area contributed by atoms with E-state index in [-0.39, 0.29) is 11.5 Å². The van der Waals surface area contributed by atoms with E-state index < -0.39 is 5.69 Å². The Bertz CT molecular complexity index is 1190. The molecule has 2 N–H and O–H groups in total. The van der Waals surface area contributed by atoms with Gasteiger partial charge in [0.05, 0.1) is 22.3 Å². The first kappa shape index (κ1) is 19.9. The van der Waals surface area contributed by atoms with Crippen LogP contribution in [-0.2, 0) is 6.54 Å². The SMILES string of the molecule is CCn1c(=O)[nH]c2cc(C(=O)Nc3ccccc3N3CCCCCC3)ccc2c1=O. The number of amides is 1. The molecule has 0 bridgehead atoms. The Labute approximate surface area is 174 Å². The Kier molecular flexibility index (Phi) is 5.70. The number of aromatic nitrogens is 2. The molecule has 156 valence electrons. The number of anilines is 2. The summed E-state index contributed by atoms with van der Waals surface area (Å²) in [5, 5.41) is 3.39. The normalized spacial score (nSPS) is 14.5. The standard InChI is InChI=1S/C23H26N4O3/c1-2-27-22(29)17-12-11-16(15-19(17)25-23(27)30)21(28)24-18-9-5-6-10-20(18)26-13-7-3-4-8-14-26/h5-6,9-12,15H,2-4,7-8,13-14H2,1H3,(H,24,28)(H,25,30). The maximum absolute atomic E-state index is 12.9. The third-order valence-electron chi connectivity index (χ3n) is 5.66. The molecular formula is C23H26N4O3. The van der Waals surface area contributed by atoms with Crippen molar-refractivity contribution in [3.05, 3.63) is 68.9 Å². The number of H-pyrrole nitrogens is 1. The van der Waals surface area contributed by atoms with Gasteiger partial charge >= 0.3 is 5.69 Å². The Hall–Kier alpha value is -3.35. The molecule has 1 amide bonds. The summed E-state index contributed by atoms with van der Waals surface area (Å²) in [5.41, 5.74) is 1.71. The van der Waals surface area contributed by atoms with E-state index in [1.165, 1.54) is 12.8 Å². The monoisotopic (exact) mass is 406 g/mol. The zero-order valence-corrected chi connectivity index (χ0v) is 17.1. The van der Waals surface area contributed by atoms with Crippen molar-refractivity contribution < 1.29 is 4.79 Å². The van der Waals surface area contributed by atoms with E-state index in [0.717, 1.165) is 41.9 Å². The van der Waals surface area contributed by atoms with Gasteiger partial charge in [0.1, 0.15) is 0 Å². The van der Waals surface area contributed by atoms with Crippen LogP contribution in [0.5, 0.6) is 0 Å². The lowest BCUT2D eigenvalue weighted by Crippen LogP contribution is -2.34. The van der Waals surface area contributed by atoms with Gasteiger partial charge in [-0.25, -0.2) is 4.79 Å². The molecule has 1 saturated heterocycles. The van der Waals surface area contributed by atoms with Gasteiger partial charge in [0.2, 0.25) is 0 Å². The van der Waals surface area contributed by atoms with Gasteiger partial charge in [-0.15, -0.1) is 0 Å². The van der Waals surface area contributed by atoms with E-state index in [1.54, 1.807) is 25.1 Å². The number of nitrogens with zero attached hydrogens (tertiary/aromatic N) is 2. The number of hydrogen-bond acceptors (Lipinski definition) is 4. The van der Waals surface area contributed by atoms with Crippen molar-refractivity contribution in [3.63, 3.8) is 0 Å². The van der Waals surface area contributed by atoms with Crippen LogP contribution in [0.15, 0.2) is 52.1 Å². The second-order valence-corrected chi connectivity index (χ2v) is 7.61. The molecule has 2 heterocycles. The summed E-state index contributed by atoms with van der Waals surface area (Å²) in [5.74, 6) is -0.278. The smallest absolute Gasteiger partial charge is 0.328 e. The minimum Gasteiger partial charge on any atom is -0.370 e. The number of aromatic amines is 1. The van der Waals surface area contributed by atoms with Crippen LogP contribution in [-0.4, -0.2) is 28.5 Å². The van der Waals surface area contributed by atoms with Gasteiger partial charge in [-0.1, -0.05) is 25.0 Å². The molecule has 1 aromatic heterocycles. The molecule has 3 aromatic rings. The lowest BCUT2D eigenvalue weighted by Gasteiger charge is -2.25. The molecule has 0 spiro atoms.